The van der Waals surface area contributed by atoms with Crippen LogP contribution in [0.2, 0.25) is 0 Å². The summed E-state index contributed by atoms with van der Waals surface area (Å²) in [5, 5.41) is 20.4. The molecule has 114 valence electrons. The quantitative estimate of drug-likeness (QED) is 0.497. The summed E-state index contributed by atoms with van der Waals surface area (Å²) in [5.41, 5.74) is 5.58. The molecule has 1 aromatic carbocycles. The zero-order chi connectivity index (χ0) is 15.6. The second kappa shape index (κ2) is 6.09. The van der Waals surface area contributed by atoms with Crippen LogP contribution in [0.25, 0.3) is 0 Å². The van der Waals surface area contributed by atoms with Crippen molar-refractivity contribution in [1.29, 1.82) is 0 Å². The minimum absolute atomic E-state index is 0.0193. The van der Waals surface area contributed by atoms with Gasteiger partial charge >= 0.3 is 0 Å². The summed E-state index contributed by atoms with van der Waals surface area (Å²) in [5.74, 6) is -0.249. The summed E-state index contributed by atoms with van der Waals surface area (Å²) < 4.78 is 0. The lowest BCUT2D eigenvalue weighted by molar-refractivity contribution is -0.383. The Morgan fingerprint density at radius 3 is 2.95 bits per heavy atom. The first-order chi connectivity index (χ1) is 9.90. The Kier molecular flexibility index (Phi) is 4.42. The van der Waals surface area contributed by atoms with Crippen molar-refractivity contribution in [1.82, 2.24) is 4.90 Å². The number of likely N-dealkylation sites (tertiary alicyclic amines) is 1. The molecule has 1 aliphatic rings. The summed E-state index contributed by atoms with van der Waals surface area (Å²) in [6.45, 7) is 2.30. The first kappa shape index (κ1) is 15.2. The molecule has 1 fully saturated rings. The van der Waals surface area contributed by atoms with E-state index in [0.717, 1.165) is 12.8 Å². The highest BCUT2D eigenvalue weighted by Crippen LogP contribution is 2.27. The van der Waals surface area contributed by atoms with Crippen molar-refractivity contribution in [2.75, 3.05) is 12.3 Å². The molecule has 1 aliphatic heterocycles. The van der Waals surface area contributed by atoms with Gasteiger partial charge in [0.2, 0.25) is 0 Å². The van der Waals surface area contributed by atoms with Crippen molar-refractivity contribution >= 4 is 17.3 Å². The molecular formula is C14H19N3O4. The zero-order valence-electron chi connectivity index (χ0n) is 11.9. The van der Waals surface area contributed by atoms with E-state index in [1.807, 2.05) is 0 Å². The predicted octanol–water partition coefficient (Wildman–Crippen LogP) is 1.55. The molecule has 0 spiro atoms. The zero-order valence-corrected chi connectivity index (χ0v) is 11.9. The average molecular weight is 293 g/mol. The molecule has 0 saturated carbocycles. The lowest BCUT2D eigenvalue weighted by Crippen LogP contribution is -2.37. The van der Waals surface area contributed by atoms with Crippen molar-refractivity contribution in [3.63, 3.8) is 0 Å². The number of carbonyl (C=O) groups excluding carboxylic acids is 1. The summed E-state index contributed by atoms with van der Waals surface area (Å²) in [4.78, 5) is 24.5. The normalized spacial score (nSPS) is 19.5. The molecule has 21 heavy (non-hydrogen) atoms. The van der Waals surface area contributed by atoms with Crippen LogP contribution in [0.5, 0.6) is 0 Å². The Hall–Kier alpha value is -2.15. The van der Waals surface area contributed by atoms with Crippen LogP contribution < -0.4 is 5.73 Å². The number of amides is 1. The number of carbonyl (C=O) groups is 1. The van der Waals surface area contributed by atoms with Gasteiger partial charge in [0.15, 0.2) is 0 Å². The van der Waals surface area contributed by atoms with Gasteiger partial charge in [-0.15, -0.1) is 0 Å². The van der Waals surface area contributed by atoms with E-state index < -0.39 is 11.0 Å². The fraction of sp³-hybridized carbons (Fsp3) is 0.500. The molecule has 7 heteroatoms. The van der Waals surface area contributed by atoms with Gasteiger partial charge in [-0.2, -0.15) is 0 Å². The molecule has 0 radical (unpaired) electrons. The maximum Gasteiger partial charge on any atom is 0.292 e. The number of aliphatic hydroxyl groups excluding tert-OH is 1. The Morgan fingerprint density at radius 2 is 2.33 bits per heavy atom. The van der Waals surface area contributed by atoms with Crippen LogP contribution in [-0.2, 0) is 0 Å². The van der Waals surface area contributed by atoms with Crippen molar-refractivity contribution < 1.29 is 14.8 Å². The molecule has 3 N–H and O–H groups in total. The van der Waals surface area contributed by atoms with Gasteiger partial charge in [-0.25, -0.2) is 0 Å². The smallest absolute Gasteiger partial charge is 0.292 e. The van der Waals surface area contributed by atoms with Crippen molar-refractivity contribution in [3.8, 4) is 0 Å². The third-order valence-corrected chi connectivity index (χ3v) is 3.73. The Bertz CT molecular complexity index is 559. The SMILES string of the molecule is C[C@@H](O)C[C@H]1CCCN1C(=O)c1ccc(N)c([N+](=O)[O-])c1. The number of benzene rings is 1. The van der Waals surface area contributed by atoms with Gasteiger partial charge in [0.25, 0.3) is 11.6 Å². The average Bonchev–Trinajstić information content (AvgIpc) is 2.85. The van der Waals surface area contributed by atoms with Crippen molar-refractivity contribution in [2.24, 2.45) is 0 Å². The summed E-state index contributed by atoms with van der Waals surface area (Å²) in [6, 6.07) is 4.08. The highest BCUT2D eigenvalue weighted by atomic mass is 16.6. The number of nitrogens with two attached hydrogens (primary N) is 1. The third kappa shape index (κ3) is 3.30. The van der Waals surface area contributed by atoms with Gasteiger partial charge < -0.3 is 15.7 Å². The van der Waals surface area contributed by atoms with Crippen LogP contribution in [0.1, 0.15) is 36.5 Å². The van der Waals surface area contributed by atoms with E-state index in [-0.39, 0.29) is 28.9 Å². The number of anilines is 1. The molecule has 1 saturated heterocycles. The standard InChI is InChI=1S/C14H19N3O4/c1-9(18)7-11-3-2-6-16(11)14(19)10-4-5-12(15)13(8-10)17(20)21/h4-5,8-9,11,18H,2-3,6-7,15H2,1H3/t9-,11-/m1/s1. The fourth-order valence-corrected chi connectivity index (χ4v) is 2.74. The lowest BCUT2D eigenvalue weighted by Gasteiger charge is -2.25. The molecule has 2 atom stereocenters. The highest BCUT2D eigenvalue weighted by molar-refractivity contribution is 5.96. The van der Waals surface area contributed by atoms with Crippen LogP contribution in [0, 0.1) is 10.1 Å². The Morgan fingerprint density at radius 1 is 1.62 bits per heavy atom. The van der Waals surface area contributed by atoms with Crippen LogP contribution in [0.4, 0.5) is 11.4 Å². The molecule has 1 amide bonds. The summed E-state index contributed by atoms with van der Waals surface area (Å²) >= 11 is 0. The van der Waals surface area contributed by atoms with E-state index in [9.17, 15) is 20.0 Å². The largest absolute Gasteiger partial charge is 0.393 e. The Balaban J connectivity index is 2.23. The van der Waals surface area contributed by atoms with Gasteiger partial charge in [0.05, 0.1) is 11.0 Å². The van der Waals surface area contributed by atoms with Crippen LogP contribution in [0.3, 0.4) is 0 Å². The van der Waals surface area contributed by atoms with E-state index >= 15 is 0 Å². The number of hydrogen-bond donors (Lipinski definition) is 2. The number of nitrogens with zero attached hydrogens (tertiary/aromatic N) is 2. The minimum Gasteiger partial charge on any atom is -0.393 e. The fourth-order valence-electron chi connectivity index (χ4n) is 2.74. The van der Waals surface area contributed by atoms with Crippen LogP contribution >= 0.6 is 0 Å². The van der Waals surface area contributed by atoms with Gasteiger partial charge in [-0.3, -0.25) is 14.9 Å². The predicted molar refractivity (Wildman–Crippen MR) is 77.9 cm³/mol. The molecule has 1 aromatic rings. The second-order valence-electron chi connectivity index (χ2n) is 5.41. The molecule has 1 heterocycles. The van der Waals surface area contributed by atoms with Gasteiger partial charge in [-0.05, 0) is 38.3 Å². The minimum atomic E-state index is -0.594. The summed E-state index contributed by atoms with van der Waals surface area (Å²) in [7, 11) is 0. The second-order valence-corrected chi connectivity index (χ2v) is 5.41. The van der Waals surface area contributed by atoms with Crippen LogP contribution in [0.15, 0.2) is 18.2 Å². The van der Waals surface area contributed by atoms with E-state index in [4.69, 9.17) is 5.73 Å². The van der Waals surface area contributed by atoms with E-state index in [1.165, 1.54) is 18.2 Å². The topological polar surface area (TPSA) is 110 Å². The molecular weight excluding hydrogens is 274 g/mol. The third-order valence-electron chi connectivity index (χ3n) is 3.73. The van der Waals surface area contributed by atoms with Gasteiger partial charge in [0.1, 0.15) is 5.69 Å². The molecule has 0 aromatic heterocycles. The maximum atomic E-state index is 12.5. The Labute approximate surface area is 122 Å². The van der Waals surface area contributed by atoms with Crippen molar-refractivity contribution in [2.45, 2.75) is 38.3 Å². The molecule has 2 rings (SSSR count). The monoisotopic (exact) mass is 293 g/mol. The first-order valence-electron chi connectivity index (χ1n) is 6.93. The number of aliphatic hydroxyl groups is 1. The molecule has 0 unspecified atom stereocenters. The first-order valence-corrected chi connectivity index (χ1v) is 6.93. The van der Waals surface area contributed by atoms with Crippen LogP contribution in [-0.4, -0.2) is 39.5 Å². The molecule has 7 nitrogen and oxygen atoms in total. The highest BCUT2D eigenvalue weighted by Gasteiger charge is 2.31. The number of nitro groups is 1. The van der Waals surface area contributed by atoms with Gasteiger partial charge in [-0.1, -0.05) is 0 Å². The number of nitro benzene ring substituents is 1. The number of rotatable bonds is 4. The van der Waals surface area contributed by atoms with E-state index in [2.05, 4.69) is 0 Å². The summed E-state index contributed by atoms with van der Waals surface area (Å²) in [6.07, 6.45) is 1.75. The van der Waals surface area contributed by atoms with Gasteiger partial charge in [0, 0.05) is 24.2 Å². The van der Waals surface area contributed by atoms with E-state index in [0.29, 0.717) is 13.0 Å². The number of hydrogen-bond acceptors (Lipinski definition) is 5. The van der Waals surface area contributed by atoms with E-state index in [1.54, 1.807) is 11.8 Å². The molecule has 0 bridgehead atoms. The molecule has 0 aliphatic carbocycles. The lowest BCUT2D eigenvalue weighted by atomic mass is 10.1. The van der Waals surface area contributed by atoms with Crippen molar-refractivity contribution in [3.05, 3.63) is 33.9 Å². The number of nitrogen functional groups attached to an aromatic ring is 1. The maximum absolute atomic E-state index is 12.5.